The number of ether oxygens (including phenoxy) is 1. The molecule has 0 unspecified atom stereocenters. The van der Waals surface area contributed by atoms with Gasteiger partial charge in [-0.2, -0.15) is 5.10 Å². The first-order valence-electron chi connectivity index (χ1n) is 8.67. The molecule has 0 aliphatic rings. The molecule has 0 aliphatic heterocycles. The number of carbonyl (C=O) groups excluding carboxylic acids is 1. The zero-order valence-corrected chi connectivity index (χ0v) is 16.3. The number of amides is 1. The monoisotopic (exact) mass is 417 g/mol. The topological polar surface area (TPSA) is 140 Å². The SMILES string of the molecule is COc1cc(NCCNC(=O)Cn2nc(/C(N)=N/O)c3cccnc32)ccc1Cl. The first kappa shape index (κ1) is 20.2. The third-order valence-corrected chi connectivity index (χ3v) is 4.39. The average Bonchev–Trinajstić information content (AvgIpc) is 3.10. The molecule has 11 heteroatoms. The molecule has 5 N–H and O–H groups in total. The second-order valence-corrected chi connectivity index (χ2v) is 6.40. The second kappa shape index (κ2) is 9.11. The fourth-order valence-corrected chi connectivity index (χ4v) is 2.92. The number of amidine groups is 1. The van der Waals surface area contributed by atoms with Gasteiger partial charge in [0, 0.05) is 31.0 Å². The highest BCUT2D eigenvalue weighted by molar-refractivity contribution is 6.32. The standard InChI is InChI=1S/C18H20ClN7O3/c1-29-14-9-11(4-5-13(14)19)21-7-8-22-15(27)10-26-18-12(3-2-6-23-18)16(24-26)17(20)25-28/h2-6,9,21,28H,7-8,10H2,1H3,(H2,20,25)(H,22,27). The molecule has 0 saturated heterocycles. The van der Waals surface area contributed by atoms with Crippen LogP contribution >= 0.6 is 11.6 Å². The van der Waals surface area contributed by atoms with Gasteiger partial charge in [0.25, 0.3) is 0 Å². The van der Waals surface area contributed by atoms with Crippen molar-refractivity contribution in [3.63, 3.8) is 0 Å². The van der Waals surface area contributed by atoms with E-state index in [-0.39, 0.29) is 24.0 Å². The molecule has 0 radical (unpaired) electrons. The summed E-state index contributed by atoms with van der Waals surface area (Å²) in [5.74, 6) is 0.173. The Kier molecular flexibility index (Phi) is 6.35. The van der Waals surface area contributed by atoms with E-state index >= 15 is 0 Å². The zero-order chi connectivity index (χ0) is 20.8. The molecule has 0 saturated carbocycles. The maximum absolute atomic E-state index is 12.3. The molecule has 3 aromatic rings. The van der Waals surface area contributed by atoms with Gasteiger partial charge in [0.2, 0.25) is 5.91 Å². The fraction of sp³-hybridized carbons (Fsp3) is 0.222. The van der Waals surface area contributed by atoms with E-state index in [9.17, 15) is 4.79 Å². The van der Waals surface area contributed by atoms with Crippen molar-refractivity contribution in [3.05, 3.63) is 47.2 Å². The summed E-state index contributed by atoms with van der Waals surface area (Å²) in [4.78, 5) is 16.5. The van der Waals surface area contributed by atoms with Gasteiger partial charge in [-0.3, -0.25) is 4.79 Å². The van der Waals surface area contributed by atoms with Crippen LogP contribution < -0.4 is 21.1 Å². The number of oxime groups is 1. The van der Waals surface area contributed by atoms with E-state index in [1.807, 2.05) is 6.07 Å². The van der Waals surface area contributed by atoms with Crippen LogP contribution in [0.15, 0.2) is 41.7 Å². The summed E-state index contributed by atoms with van der Waals surface area (Å²) in [5.41, 5.74) is 7.22. The summed E-state index contributed by atoms with van der Waals surface area (Å²) in [6, 6.07) is 8.78. The number of aromatic nitrogens is 3. The van der Waals surface area contributed by atoms with Gasteiger partial charge < -0.3 is 26.3 Å². The lowest BCUT2D eigenvalue weighted by molar-refractivity contribution is -0.121. The number of benzene rings is 1. The van der Waals surface area contributed by atoms with E-state index in [1.54, 1.807) is 37.6 Å². The first-order valence-corrected chi connectivity index (χ1v) is 9.05. The van der Waals surface area contributed by atoms with Crippen LogP contribution in [0.25, 0.3) is 11.0 Å². The summed E-state index contributed by atoms with van der Waals surface area (Å²) in [7, 11) is 1.55. The van der Waals surface area contributed by atoms with Gasteiger partial charge in [0.1, 0.15) is 18.0 Å². The molecule has 1 aromatic carbocycles. The van der Waals surface area contributed by atoms with Crippen molar-refractivity contribution in [3.8, 4) is 5.75 Å². The van der Waals surface area contributed by atoms with Crippen LogP contribution in [-0.2, 0) is 11.3 Å². The zero-order valence-electron chi connectivity index (χ0n) is 15.6. The van der Waals surface area contributed by atoms with Crippen molar-refractivity contribution in [1.82, 2.24) is 20.1 Å². The smallest absolute Gasteiger partial charge is 0.241 e. The summed E-state index contributed by atoms with van der Waals surface area (Å²) in [6.07, 6.45) is 1.58. The van der Waals surface area contributed by atoms with Gasteiger partial charge >= 0.3 is 0 Å². The Morgan fingerprint density at radius 3 is 2.97 bits per heavy atom. The highest BCUT2D eigenvalue weighted by atomic mass is 35.5. The van der Waals surface area contributed by atoms with Crippen molar-refractivity contribution in [2.24, 2.45) is 10.9 Å². The average molecular weight is 418 g/mol. The van der Waals surface area contributed by atoms with E-state index < -0.39 is 0 Å². The van der Waals surface area contributed by atoms with E-state index in [0.717, 1.165) is 5.69 Å². The summed E-state index contributed by atoms with van der Waals surface area (Å²) >= 11 is 6.00. The number of methoxy groups -OCH3 is 1. The molecule has 0 atom stereocenters. The van der Waals surface area contributed by atoms with Crippen LogP contribution in [0.2, 0.25) is 5.02 Å². The molecule has 10 nitrogen and oxygen atoms in total. The van der Waals surface area contributed by atoms with Crippen molar-refractivity contribution in [2.75, 3.05) is 25.5 Å². The molecule has 3 rings (SSSR count). The quantitative estimate of drug-likeness (QED) is 0.143. The van der Waals surface area contributed by atoms with Crippen molar-refractivity contribution in [2.45, 2.75) is 6.54 Å². The van der Waals surface area contributed by atoms with E-state index in [1.165, 1.54) is 4.68 Å². The number of carbonyl (C=O) groups is 1. The molecule has 1 amide bonds. The van der Waals surface area contributed by atoms with Gasteiger partial charge in [-0.25, -0.2) is 9.67 Å². The lowest BCUT2D eigenvalue weighted by Crippen LogP contribution is -2.32. The lowest BCUT2D eigenvalue weighted by atomic mass is 10.2. The minimum absolute atomic E-state index is 0.0546. The number of nitrogens with two attached hydrogens (primary N) is 1. The van der Waals surface area contributed by atoms with Crippen LogP contribution in [-0.4, -0.2) is 51.9 Å². The Labute approximate surface area is 171 Å². The maximum atomic E-state index is 12.3. The molecule has 0 aliphatic carbocycles. The predicted octanol–water partition coefficient (Wildman–Crippen LogP) is 1.42. The van der Waals surface area contributed by atoms with E-state index in [2.05, 4.69) is 25.9 Å². The molecule has 152 valence electrons. The molecule has 2 heterocycles. The van der Waals surface area contributed by atoms with Crippen LogP contribution in [0, 0.1) is 0 Å². The van der Waals surface area contributed by atoms with Gasteiger partial charge in [0.05, 0.1) is 17.5 Å². The molecular formula is C18H20ClN7O3. The minimum atomic E-state index is -0.249. The number of hydrogen-bond donors (Lipinski definition) is 4. The van der Waals surface area contributed by atoms with Crippen molar-refractivity contribution < 1.29 is 14.7 Å². The van der Waals surface area contributed by atoms with E-state index in [4.69, 9.17) is 27.3 Å². The summed E-state index contributed by atoms with van der Waals surface area (Å²) < 4.78 is 6.58. The Balaban J connectivity index is 1.58. The highest BCUT2D eigenvalue weighted by Gasteiger charge is 2.16. The highest BCUT2D eigenvalue weighted by Crippen LogP contribution is 2.27. The number of rotatable bonds is 8. The summed E-state index contributed by atoms with van der Waals surface area (Å²) in [5, 5.41) is 23.2. The number of hydrogen-bond acceptors (Lipinski definition) is 7. The van der Waals surface area contributed by atoms with Crippen LogP contribution in [0.4, 0.5) is 5.69 Å². The van der Waals surface area contributed by atoms with Crippen LogP contribution in [0.1, 0.15) is 5.69 Å². The number of nitrogens with one attached hydrogen (secondary N) is 2. The predicted molar refractivity (Wildman–Crippen MR) is 110 cm³/mol. The number of fused-ring (bicyclic) bond motifs is 1. The Hall–Kier alpha value is -3.53. The van der Waals surface area contributed by atoms with E-state index in [0.29, 0.717) is 34.9 Å². The molecular weight excluding hydrogens is 398 g/mol. The van der Waals surface area contributed by atoms with Crippen molar-refractivity contribution >= 4 is 40.1 Å². The summed E-state index contributed by atoms with van der Waals surface area (Å²) in [6.45, 7) is 0.842. The lowest BCUT2D eigenvalue weighted by Gasteiger charge is -2.10. The third kappa shape index (κ3) is 4.66. The van der Waals surface area contributed by atoms with Gasteiger partial charge in [0.15, 0.2) is 11.5 Å². The molecule has 0 bridgehead atoms. The molecule has 29 heavy (non-hydrogen) atoms. The van der Waals surface area contributed by atoms with Gasteiger partial charge in [-0.15, -0.1) is 0 Å². The molecule has 2 aromatic heterocycles. The number of halogens is 1. The number of pyridine rings is 1. The molecule has 0 fully saturated rings. The Morgan fingerprint density at radius 1 is 1.38 bits per heavy atom. The van der Waals surface area contributed by atoms with Crippen LogP contribution in [0.5, 0.6) is 5.75 Å². The largest absolute Gasteiger partial charge is 0.495 e. The Morgan fingerprint density at radius 2 is 2.21 bits per heavy atom. The molecule has 0 spiro atoms. The van der Waals surface area contributed by atoms with Gasteiger partial charge in [-0.05, 0) is 24.3 Å². The second-order valence-electron chi connectivity index (χ2n) is 5.99. The number of anilines is 1. The van der Waals surface area contributed by atoms with Crippen molar-refractivity contribution in [1.29, 1.82) is 0 Å². The number of nitrogens with zero attached hydrogens (tertiary/aromatic N) is 4. The Bertz CT molecular complexity index is 1050. The van der Waals surface area contributed by atoms with Gasteiger partial charge in [-0.1, -0.05) is 16.8 Å². The fourth-order valence-electron chi connectivity index (χ4n) is 2.73. The first-order chi connectivity index (χ1) is 14.0. The third-order valence-electron chi connectivity index (χ3n) is 4.08. The normalized spacial score (nSPS) is 11.4. The van der Waals surface area contributed by atoms with Crippen LogP contribution in [0.3, 0.4) is 0 Å². The minimum Gasteiger partial charge on any atom is -0.495 e. The maximum Gasteiger partial charge on any atom is 0.241 e.